The number of rotatable bonds is 6. The number of benzene rings is 2. The van der Waals surface area contributed by atoms with Gasteiger partial charge >= 0.3 is 0 Å². The molecule has 0 aliphatic carbocycles. The molecule has 21 heavy (non-hydrogen) atoms. The number of para-hydroxylation sites is 1. The molecule has 2 aromatic carbocycles. The van der Waals surface area contributed by atoms with E-state index >= 15 is 0 Å². The van der Waals surface area contributed by atoms with Gasteiger partial charge in [-0.3, -0.25) is 4.79 Å². The predicted octanol–water partition coefficient (Wildman–Crippen LogP) is 3.15. The molecule has 0 aromatic heterocycles. The van der Waals surface area contributed by atoms with E-state index in [2.05, 4.69) is 21.2 Å². The number of carbonyl (C=O) groups is 1. The van der Waals surface area contributed by atoms with E-state index in [1.807, 2.05) is 42.5 Å². The zero-order valence-corrected chi connectivity index (χ0v) is 13.2. The molecule has 0 aliphatic heterocycles. The SMILES string of the molecule is COc1ccc(CNC(=O)COc2ccccc2Br)cc1. The lowest BCUT2D eigenvalue weighted by molar-refractivity contribution is -0.123. The summed E-state index contributed by atoms with van der Waals surface area (Å²) in [6.07, 6.45) is 0. The van der Waals surface area contributed by atoms with Crippen LogP contribution in [-0.4, -0.2) is 19.6 Å². The molecular weight excluding hydrogens is 334 g/mol. The van der Waals surface area contributed by atoms with Gasteiger partial charge in [-0.1, -0.05) is 24.3 Å². The van der Waals surface area contributed by atoms with E-state index in [0.717, 1.165) is 15.8 Å². The van der Waals surface area contributed by atoms with Crippen molar-refractivity contribution in [2.45, 2.75) is 6.54 Å². The Bertz CT molecular complexity index is 599. The normalized spacial score (nSPS) is 10.0. The Labute approximate surface area is 132 Å². The third-order valence-corrected chi connectivity index (χ3v) is 3.50. The summed E-state index contributed by atoms with van der Waals surface area (Å²) in [7, 11) is 1.62. The van der Waals surface area contributed by atoms with Gasteiger partial charge in [-0.2, -0.15) is 0 Å². The summed E-state index contributed by atoms with van der Waals surface area (Å²) in [5.74, 6) is 1.28. The molecule has 0 spiro atoms. The fraction of sp³-hybridized carbons (Fsp3) is 0.188. The van der Waals surface area contributed by atoms with E-state index in [4.69, 9.17) is 9.47 Å². The molecule has 0 aliphatic rings. The molecule has 0 unspecified atom stereocenters. The van der Waals surface area contributed by atoms with E-state index in [0.29, 0.717) is 12.3 Å². The van der Waals surface area contributed by atoms with E-state index in [1.165, 1.54) is 0 Å². The Morgan fingerprint density at radius 2 is 1.86 bits per heavy atom. The summed E-state index contributed by atoms with van der Waals surface area (Å²) < 4.78 is 11.4. The molecule has 0 fully saturated rings. The highest BCUT2D eigenvalue weighted by Crippen LogP contribution is 2.23. The Morgan fingerprint density at radius 1 is 1.14 bits per heavy atom. The van der Waals surface area contributed by atoms with Crippen LogP contribution < -0.4 is 14.8 Å². The topological polar surface area (TPSA) is 47.6 Å². The zero-order valence-electron chi connectivity index (χ0n) is 11.6. The highest BCUT2D eigenvalue weighted by molar-refractivity contribution is 9.10. The summed E-state index contributed by atoms with van der Waals surface area (Å²) in [6.45, 7) is 0.445. The average Bonchev–Trinajstić information content (AvgIpc) is 2.52. The van der Waals surface area contributed by atoms with E-state index in [1.54, 1.807) is 13.2 Å². The Kier molecular flexibility index (Phi) is 5.63. The van der Waals surface area contributed by atoms with Gasteiger partial charge in [0.05, 0.1) is 11.6 Å². The van der Waals surface area contributed by atoms with Crippen LogP contribution in [0.15, 0.2) is 53.0 Å². The fourth-order valence-corrected chi connectivity index (χ4v) is 2.10. The van der Waals surface area contributed by atoms with E-state index < -0.39 is 0 Å². The van der Waals surface area contributed by atoms with Crippen molar-refractivity contribution in [3.05, 3.63) is 58.6 Å². The third-order valence-electron chi connectivity index (χ3n) is 2.84. The van der Waals surface area contributed by atoms with Crippen molar-refractivity contribution in [1.82, 2.24) is 5.32 Å². The van der Waals surface area contributed by atoms with E-state index in [-0.39, 0.29) is 12.5 Å². The number of amides is 1. The lowest BCUT2D eigenvalue weighted by Crippen LogP contribution is -2.28. The summed E-state index contributed by atoms with van der Waals surface area (Å²) in [4.78, 5) is 11.7. The molecule has 0 heterocycles. The molecule has 2 aromatic rings. The zero-order chi connectivity index (χ0) is 15.1. The third kappa shape index (κ3) is 4.79. The van der Waals surface area contributed by atoms with Crippen LogP contribution in [0.3, 0.4) is 0 Å². The van der Waals surface area contributed by atoms with Gasteiger partial charge in [-0.25, -0.2) is 0 Å². The van der Waals surface area contributed by atoms with Gasteiger partial charge in [-0.05, 0) is 45.8 Å². The number of carbonyl (C=O) groups excluding carboxylic acids is 1. The molecule has 1 amide bonds. The molecular formula is C16H16BrNO3. The van der Waals surface area contributed by atoms with Gasteiger partial charge in [0.15, 0.2) is 6.61 Å². The van der Waals surface area contributed by atoms with Crippen molar-refractivity contribution in [3.63, 3.8) is 0 Å². The van der Waals surface area contributed by atoms with Crippen LogP contribution in [0, 0.1) is 0 Å². The first-order valence-electron chi connectivity index (χ1n) is 6.46. The monoisotopic (exact) mass is 349 g/mol. The standard InChI is InChI=1S/C16H16BrNO3/c1-20-13-8-6-12(7-9-13)10-18-16(19)11-21-15-5-3-2-4-14(15)17/h2-9H,10-11H2,1H3,(H,18,19). The van der Waals surface area contributed by atoms with Crippen LogP contribution in [0.25, 0.3) is 0 Å². The lowest BCUT2D eigenvalue weighted by Gasteiger charge is -2.09. The number of methoxy groups -OCH3 is 1. The Balaban J connectivity index is 1.78. The van der Waals surface area contributed by atoms with Crippen molar-refractivity contribution in [1.29, 1.82) is 0 Å². The van der Waals surface area contributed by atoms with Crippen LogP contribution in [0.5, 0.6) is 11.5 Å². The number of hydrogen-bond acceptors (Lipinski definition) is 3. The van der Waals surface area contributed by atoms with Crippen LogP contribution in [0.2, 0.25) is 0 Å². The van der Waals surface area contributed by atoms with Gasteiger partial charge in [0.1, 0.15) is 11.5 Å². The van der Waals surface area contributed by atoms with Crippen molar-refractivity contribution in [2.24, 2.45) is 0 Å². The number of nitrogens with one attached hydrogen (secondary N) is 1. The predicted molar refractivity (Wildman–Crippen MR) is 84.5 cm³/mol. The molecule has 0 saturated heterocycles. The smallest absolute Gasteiger partial charge is 0.258 e. The molecule has 0 saturated carbocycles. The maximum Gasteiger partial charge on any atom is 0.258 e. The maximum atomic E-state index is 11.7. The number of hydrogen-bond donors (Lipinski definition) is 1. The summed E-state index contributed by atoms with van der Waals surface area (Å²) in [6, 6.07) is 15.0. The first-order valence-corrected chi connectivity index (χ1v) is 7.25. The van der Waals surface area contributed by atoms with E-state index in [9.17, 15) is 4.79 Å². The first kappa shape index (κ1) is 15.4. The Morgan fingerprint density at radius 3 is 2.52 bits per heavy atom. The second kappa shape index (κ2) is 7.69. The number of ether oxygens (including phenoxy) is 2. The Hall–Kier alpha value is -2.01. The molecule has 0 bridgehead atoms. The summed E-state index contributed by atoms with van der Waals surface area (Å²) >= 11 is 3.37. The van der Waals surface area contributed by atoms with Crippen LogP contribution in [0.4, 0.5) is 0 Å². The first-order chi connectivity index (χ1) is 10.2. The highest BCUT2D eigenvalue weighted by atomic mass is 79.9. The summed E-state index contributed by atoms with van der Waals surface area (Å²) in [5, 5.41) is 2.81. The van der Waals surface area contributed by atoms with Crippen LogP contribution >= 0.6 is 15.9 Å². The van der Waals surface area contributed by atoms with Crippen LogP contribution in [0.1, 0.15) is 5.56 Å². The molecule has 0 atom stereocenters. The number of halogens is 1. The molecule has 110 valence electrons. The van der Waals surface area contributed by atoms with Crippen molar-refractivity contribution in [2.75, 3.05) is 13.7 Å². The maximum absolute atomic E-state index is 11.7. The minimum Gasteiger partial charge on any atom is -0.497 e. The quantitative estimate of drug-likeness (QED) is 0.871. The minimum atomic E-state index is -0.165. The van der Waals surface area contributed by atoms with Crippen molar-refractivity contribution >= 4 is 21.8 Å². The van der Waals surface area contributed by atoms with Gasteiger partial charge in [0, 0.05) is 6.54 Å². The molecule has 4 nitrogen and oxygen atoms in total. The van der Waals surface area contributed by atoms with Gasteiger partial charge < -0.3 is 14.8 Å². The molecule has 2 rings (SSSR count). The van der Waals surface area contributed by atoms with Crippen molar-refractivity contribution < 1.29 is 14.3 Å². The second-order valence-electron chi connectivity index (χ2n) is 4.34. The van der Waals surface area contributed by atoms with Crippen LogP contribution in [-0.2, 0) is 11.3 Å². The molecule has 1 N–H and O–H groups in total. The van der Waals surface area contributed by atoms with Gasteiger partial charge in [0.2, 0.25) is 0 Å². The summed E-state index contributed by atoms with van der Waals surface area (Å²) in [5.41, 5.74) is 1.00. The van der Waals surface area contributed by atoms with Gasteiger partial charge in [-0.15, -0.1) is 0 Å². The second-order valence-corrected chi connectivity index (χ2v) is 5.20. The molecule has 0 radical (unpaired) electrons. The van der Waals surface area contributed by atoms with Crippen molar-refractivity contribution in [3.8, 4) is 11.5 Å². The lowest BCUT2D eigenvalue weighted by atomic mass is 10.2. The molecule has 5 heteroatoms. The van der Waals surface area contributed by atoms with Gasteiger partial charge in [0.25, 0.3) is 5.91 Å². The minimum absolute atomic E-state index is 0.0151. The largest absolute Gasteiger partial charge is 0.497 e. The average molecular weight is 350 g/mol. The highest BCUT2D eigenvalue weighted by Gasteiger charge is 2.05. The fourth-order valence-electron chi connectivity index (χ4n) is 1.70.